The van der Waals surface area contributed by atoms with Crippen molar-refractivity contribution in [3.63, 3.8) is 0 Å². The molecule has 0 bridgehead atoms. The summed E-state index contributed by atoms with van der Waals surface area (Å²) >= 11 is 0. The van der Waals surface area contributed by atoms with Gasteiger partial charge in [0.1, 0.15) is 17.5 Å². The van der Waals surface area contributed by atoms with E-state index in [9.17, 15) is 14.4 Å². The van der Waals surface area contributed by atoms with Gasteiger partial charge in [-0.2, -0.15) is 0 Å². The topological polar surface area (TPSA) is 71.4 Å². The van der Waals surface area contributed by atoms with Gasteiger partial charge in [-0.3, -0.25) is 14.4 Å². The summed E-state index contributed by atoms with van der Waals surface area (Å²) in [4.78, 5) is 33.3. The molecule has 0 fully saturated rings. The fourth-order valence-corrected chi connectivity index (χ4v) is 1.22. The molecule has 0 radical (unpaired) electrons. The van der Waals surface area contributed by atoms with Crippen molar-refractivity contribution in [1.29, 1.82) is 0 Å². The van der Waals surface area contributed by atoms with Gasteiger partial charge in [0.25, 0.3) is 0 Å². The van der Waals surface area contributed by atoms with Crippen molar-refractivity contribution in [3.8, 4) is 0 Å². The number of carbonyl (C=O) groups excluding carboxylic acids is 2. The van der Waals surface area contributed by atoms with Gasteiger partial charge >= 0.3 is 5.97 Å². The maximum atomic E-state index is 11.4. The van der Waals surface area contributed by atoms with Crippen LogP contribution in [0, 0.1) is 11.8 Å². The number of hydrogen-bond donors (Lipinski definition) is 1. The van der Waals surface area contributed by atoms with Crippen LogP contribution in [0.1, 0.15) is 40.0 Å². The second-order valence-corrected chi connectivity index (χ2v) is 3.85. The van der Waals surface area contributed by atoms with E-state index in [0.29, 0.717) is 6.42 Å². The lowest BCUT2D eigenvalue weighted by Crippen LogP contribution is -2.24. The third kappa shape index (κ3) is 4.72. The summed E-state index contributed by atoms with van der Waals surface area (Å²) in [5, 5.41) is 8.60. The highest BCUT2D eigenvalue weighted by Gasteiger charge is 2.24. The Morgan fingerprint density at radius 3 is 2.07 bits per heavy atom. The van der Waals surface area contributed by atoms with Crippen LogP contribution in [-0.2, 0) is 14.4 Å². The average molecular weight is 214 g/mol. The number of ketones is 2. The molecule has 0 aliphatic carbocycles. The number of carbonyl (C=O) groups is 3. The molecule has 2 unspecified atom stereocenters. The minimum Gasteiger partial charge on any atom is -0.481 e. The van der Waals surface area contributed by atoms with Gasteiger partial charge in [0, 0.05) is 18.8 Å². The van der Waals surface area contributed by atoms with E-state index >= 15 is 0 Å². The molecular weight excluding hydrogens is 196 g/mol. The van der Waals surface area contributed by atoms with Crippen molar-refractivity contribution in [2.75, 3.05) is 0 Å². The van der Waals surface area contributed by atoms with Gasteiger partial charge in [-0.15, -0.1) is 0 Å². The smallest absolute Gasteiger partial charge is 0.313 e. The number of rotatable bonds is 7. The number of carboxylic acids is 1. The standard InChI is InChI=1S/C11H18O4/c1-4-5-9(12)7(2)6-10(13)8(3)11(14)15/h7-8H,4-6H2,1-3H3,(H,14,15). The Morgan fingerprint density at radius 1 is 1.13 bits per heavy atom. The van der Waals surface area contributed by atoms with Crippen LogP contribution >= 0.6 is 0 Å². The minimum absolute atomic E-state index is 0.0310. The molecule has 0 aliphatic heterocycles. The van der Waals surface area contributed by atoms with Gasteiger partial charge in [0.15, 0.2) is 0 Å². The van der Waals surface area contributed by atoms with Crippen molar-refractivity contribution in [1.82, 2.24) is 0 Å². The second kappa shape index (κ2) is 6.32. The first-order valence-electron chi connectivity index (χ1n) is 5.18. The van der Waals surface area contributed by atoms with Gasteiger partial charge in [-0.1, -0.05) is 13.8 Å². The summed E-state index contributed by atoms with van der Waals surface area (Å²) in [7, 11) is 0. The molecule has 0 aromatic rings. The van der Waals surface area contributed by atoms with Crippen LogP contribution < -0.4 is 0 Å². The van der Waals surface area contributed by atoms with Crippen LogP contribution in [-0.4, -0.2) is 22.6 Å². The van der Waals surface area contributed by atoms with E-state index in [4.69, 9.17) is 5.11 Å². The summed E-state index contributed by atoms with van der Waals surface area (Å²) in [5.74, 6) is -2.85. The number of hydrogen-bond acceptors (Lipinski definition) is 3. The minimum atomic E-state index is -1.13. The van der Waals surface area contributed by atoms with E-state index in [0.717, 1.165) is 6.42 Å². The molecule has 1 N–H and O–H groups in total. The summed E-state index contributed by atoms with van der Waals surface area (Å²) < 4.78 is 0. The average Bonchev–Trinajstić information content (AvgIpc) is 2.16. The van der Waals surface area contributed by atoms with Crippen molar-refractivity contribution < 1.29 is 19.5 Å². The Hall–Kier alpha value is -1.19. The summed E-state index contributed by atoms with van der Waals surface area (Å²) in [5.41, 5.74) is 0. The molecule has 4 nitrogen and oxygen atoms in total. The van der Waals surface area contributed by atoms with Crippen LogP contribution in [0.2, 0.25) is 0 Å². The van der Waals surface area contributed by atoms with Gasteiger partial charge in [-0.05, 0) is 13.3 Å². The maximum Gasteiger partial charge on any atom is 0.313 e. The highest BCUT2D eigenvalue weighted by Crippen LogP contribution is 2.12. The van der Waals surface area contributed by atoms with E-state index in [1.165, 1.54) is 6.92 Å². The van der Waals surface area contributed by atoms with Crippen LogP contribution in [0.15, 0.2) is 0 Å². The Labute approximate surface area is 89.7 Å². The molecule has 2 atom stereocenters. The summed E-state index contributed by atoms with van der Waals surface area (Å²) in [6, 6.07) is 0. The summed E-state index contributed by atoms with van der Waals surface area (Å²) in [6.07, 6.45) is 1.24. The third-order valence-corrected chi connectivity index (χ3v) is 2.41. The zero-order valence-electron chi connectivity index (χ0n) is 9.45. The molecule has 86 valence electrons. The summed E-state index contributed by atoms with van der Waals surface area (Å²) in [6.45, 7) is 4.92. The molecule has 0 amide bonds. The van der Waals surface area contributed by atoms with Crippen molar-refractivity contribution in [2.45, 2.75) is 40.0 Å². The number of Topliss-reactive ketones (excluding diaryl/α,β-unsaturated/α-hetero) is 2. The molecular formula is C11H18O4. The molecule has 4 heteroatoms. The monoisotopic (exact) mass is 214 g/mol. The van der Waals surface area contributed by atoms with E-state index in [-0.39, 0.29) is 23.9 Å². The lowest BCUT2D eigenvalue weighted by atomic mass is 9.92. The predicted octanol–water partition coefficient (Wildman–Crippen LogP) is 1.67. The van der Waals surface area contributed by atoms with E-state index in [1.807, 2.05) is 6.92 Å². The lowest BCUT2D eigenvalue weighted by molar-refractivity contribution is -0.146. The van der Waals surface area contributed by atoms with Crippen LogP contribution in [0.5, 0.6) is 0 Å². The number of carboxylic acid groups (broad SMARTS) is 1. The Balaban J connectivity index is 4.17. The van der Waals surface area contributed by atoms with Crippen LogP contribution in [0.4, 0.5) is 0 Å². The van der Waals surface area contributed by atoms with Crippen molar-refractivity contribution in [3.05, 3.63) is 0 Å². The first kappa shape index (κ1) is 13.8. The van der Waals surface area contributed by atoms with E-state index < -0.39 is 11.9 Å². The molecule has 0 aromatic heterocycles. The number of aliphatic carboxylic acids is 1. The fourth-order valence-electron chi connectivity index (χ4n) is 1.22. The highest BCUT2D eigenvalue weighted by atomic mass is 16.4. The van der Waals surface area contributed by atoms with E-state index in [2.05, 4.69) is 0 Å². The van der Waals surface area contributed by atoms with Gasteiger partial charge in [0.2, 0.25) is 0 Å². The zero-order chi connectivity index (χ0) is 12.0. The van der Waals surface area contributed by atoms with Gasteiger partial charge in [0.05, 0.1) is 0 Å². The first-order chi connectivity index (χ1) is 6.90. The highest BCUT2D eigenvalue weighted by molar-refractivity contribution is 5.99. The zero-order valence-corrected chi connectivity index (χ0v) is 9.45. The second-order valence-electron chi connectivity index (χ2n) is 3.85. The van der Waals surface area contributed by atoms with Crippen LogP contribution in [0.3, 0.4) is 0 Å². The third-order valence-electron chi connectivity index (χ3n) is 2.41. The lowest BCUT2D eigenvalue weighted by Gasteiger charge is -2.10. The predicted molar refractivity (Wildman–Crippen MR) is 55.5 cm³/mol. The molecule has 15 heavy (non-hydrogen) atoms. The fraction of sp³-hybridized carbons (Fsp3) is 0.727. The quantitative estimate of drug-likeness (QED) is 0.654. The van der Waals surface area contributed by atoms with Gasteiger partial charge in [-0.25, -0.2) is 0 Å². The first-order valence-corrected chi connectivity index (χ1v) is 5.18. The Morgan fingerprint density at radius 2 is 1.67 bits per heavy atom. The SMILES string of the molecule is CCCC(=O)C(C)CC(=O)C(C)C(=O)O. The largest absolute Gasteiger partial charge is 0.481 e. The Bertz CT molecular complexity index is 257. The molecule has 0 saturated carbocycles. The van der Waals surface area contributed by atoms with Crippen molar-refractivity contribution in [2.24, 2.45) is 11.8 Å². The maximum absolute atomic E-state index is 11.4. The molecule has 0 rings (SSSR count). The molecule has 0 heterocycles. The molecule has 0 spiro atoms. The molecule has 0 saturated heterocycles. The van der Waals surface area contributed by atoms with Gasteiger partial charge < -0.3 is 5.11 Å². The van der Waals surface area contributed by atoms with Crippen LogP contribution in [0.25, 0.3) is 0 Å². The van der Waals surface area contributed by atoms with E-state index in [1.54, 1.807) is 6.92 Å². The molecule has 0 aromatic carbocycles. The molecule has 0 aliphatic rings. The normalized spacial score (nSPS) is 14.3. The Kier molecular flexibility index (Phi) is 5.82. The van der Waals surface area contributed by atoms with Crippen molar-refractivity contribution >= 4 is 17.5 Å².